The Labute approximate surface area is 71.7 Å². The quantitative estimate of drug-likeness (QED) is 0.641. The molecule has 1 aliphatic carbocycles. The Balaban J connectivity index is 2.08. The Bertz CT molecular complexity index is 190. The molecule has 0 spiro atoms. The molecule has 2 aliphatic rings. The molecule has 1 N–H and O–H groups in total. The second kappa shape index (κ2) is 3.05. The fourth-order valence-corrected chi connectivity index (χ4v) is 2.48. The van der Waals surface area contributed by atoms with Gasteiger partial charge in [-0.05, 0) is 18.8 Å². The first-order valence-corrected chi connectivity index (χ1v) is 4.59. The summed E-state index contributed by atoms with van der Waals surface area (Å²) in [7, 11) is 0. The summed E-state index contributed by atoms with van der Waals surface area (Å²) >= 11 is 0. The van der Waals surface area contributed by atoms with E-state index in [4.69, 9.17) is 9.84 Å². The average molecular weight is 170 g/mol. The molecule has 0 aromatic carbocycles. The lowest BCUT2D eigenvalue weighted by Crippen LogP contribution is -2.32. The maximum Gasteiger partial charge on any atom is 0.306 e. The first-order valence-electron chi connectivity index (χ1n) is 4.59. The molecule has 2 fully saturated rings. The summed E-state index contributed by atoms with van der Waals surface area (Å²) in [5.41, 5.74) is 0. The van der Waals surface area contributed by atoms with Gasteiger partial charge in [0.1, 0.15) is 0 Å². The topological polar surface area (TPSA) is 46.5 Å². The second-order valence-electron chi connectivity index (χ2n) is 3.84. The lowest BCUT2D eigenvalue weighted by atomic mass is 9.74. The Hall–Kier alpha value is -0.570. The van der Waals surface area contributed by atoms with Crippen LogP contribution in [0.2, 0.25) is 0 Å². The third-order valence-corrected chi connectivity index (χ3v) is 3.17. The van der Waals surface area contributed by atoms with Crippen LogP contribution >= 0.6 is 0 Å². The predicted octanol–water partition coefficient (Wildman–Crippen LogP) is 1.13. The number of carboxylic acid groups (broad SMARTS) is 1. The van der Waals surface area contributed by atoms with Gasteiger partial charge in [0.2, 0.25) is 0 Å². The van der Waals surface area contributed by atoms with E-state index in [1.54, 1.807) is 0 Å². The molecule has 0 radical (unpaired) electrons. The Morgan fingerprint density at radius 3 is 2.92 bits per heavy atom. The van der Waals surface area contributed by atoms with E-state index in [2.05, 4.69) is 0 Å². The zero-order valence-electron chi connectivity index (χ0n) is 7.03. The van der Waals surface area contributed by atoms with Gasteiger partial charge in [-0.2, -0.15) is 0 Å². The molecule has 68 valence electrons. The van der Waals surface area contributed by atoms with Crippen molar-refractivity contribution in [1.82, 2.24) is 0 Å². The third-order valence-electron chi connectivity index (χ3n) is 3.17. The Morgan fingerprint density at radius 1 is 1.33 bits per heavy atom. The normalized spacial score (nSPS) is 40.8. The minimum atomic E-state index is -0.629. The molecule has 1 saturated heterocycles. The molecule has 0 amide bonds. The lowest BCUT2D eigenvalue weighted by Gasteiger charge is -2.29. The lowest BCUT2D eigenvalue weighted by molar-refractivity contribution is -0.145. The van der Waals surface area contributed by atoms with E-state index < -0.39 is 5.97 Å². The molecule has 12 heavy (non-hydrogen) atoms. The summed E-state index contributed by atoms with van der Waals surface area (Å²) in [6.45, 7) is 1.45. The Kier molecular flexibility index (Phi) is 2.05. The molecule has 1 saturated carbocycles. The molecule has 1 aliphatic heterocycles. The van der Waals surface area contributed by atoms with Gasteiger partial charge in [0, 0.05) is 12.5 Å². The third kappa shape index (κ3) is 1.22. The smallest absolute Gasteiger partial charge is 0.306 e. The van der Waals surface area contributed by atoms with E-state index in [0.29, 0.717) is 18.4 Å². The van der Waals surface area contributed by atoms with Gasteiger partial charge in [0.25, 0.3) is 0 Å². The van der Waals surface area contributed by atoms with Crippen LogP contribution < -0.4 is 0 Å². The molecule has 0 bridgehead atoms. The number of fused-ring (bicyclic) bond motifs is 1. The first-order chi connectivity index (χ1) is 5.79. The number of hydrogen-bond donors (Lipinski definition) is 1. The van der Waals surface area contributed by atoms with Gasteiger partial charge >= 0.3 is 5.97 Å². The van der Waals surface area contributed by atoms with Crippen LogP contribution in [0.1, 0.15) is 19.3 Å². The molecule has 1 heterocycles. The van der Waals surface area contributed by atoms with Crippen molar-refractivity contribution in [2.75, 3.05) is 13.2 Å². The van der Waals surface area contributed by atoms with Gasteiger partial charge in [0.15, 0.2) is 0 Å². The molecule has 3 unspecified atom stereocenters. The fourth-order valence-electron chi connectivity index (χ4n) is 2.48. The van der Waals surface area contributed by atoms with Gasteiger partial charge in [-0.25, -0.2) is 0 Å². The molecule has 0 aromatic rings. The van der Waals surface area contributed by atoms with Crippen molar-refractivity contribution in [2.45, 2.75) is 19.3 Å². The van der Waals surface area contributed by atoms with Crippen LogP contribution in [0.4, 0.5) is 0 Å². The van der Waals surface area contributed by atoms with Gasteiger partial charge in [0.05, 0.1) is 12.5 Å². The summed E-state index contributed by atoms with van der Waals surface area (Å²) < 4.78 is 5.31. The summed E-state index contributed by atoms with van der Waals surface area (Å²) in [6.07, 6.45) is 3.07. The van der Waals surface area contributed by atoms with Crippen LogP contribution in [-0.2, 0) is 9.53 Å². The van der Waals surface area contributed by atoms with Gasteiger partial charge < -0.3 is 9.84 Å². The van der Waals surface area contributed by atoms with E-state index in [0.717, 1.165) is 25.9 Å². The zero-order valence-corrected chi connectivity index (χ0v) is 7.03. The maximum atomic E-state index is 10.8. The van der Waals surface area contributed by atoms with Crippen molar-refractivity contribution < 1.29 is 14.6 Å². The number of carboxylic acids is 1. The van der Waals surface area contributed by atoms with E-state index in [1.807, 2.05) is 0 Å². The summed E-state index contributed by atoms with van der Waals surface area (Å²) in [5, 5.41) is 8.93. The summed E-state index contributed by atoms with van der Waals surface area (Å²) in [6, 6.07) is 0. The Morgan fingerprint density at radius 2 is 2.17 bits per heavy atom. The highest BCUT2D eigenvalue weighted by molar-refractivity contribution is 5.70. The van der Waals surface area contributed by atoms with Crippen molar-refractivity contribution in [3.05, 3.63) is 0 Å². The van der Waals surface area contributed by atoms with Crippen LogP contribution in [0.5, 0.6) is 0 Å². The monoisotopic (exact) mass is 170 g/mol. The van der Waals surface area contributed by atoms with Crippen LogP contribution in [0.25, 0.3) is 0 Å². The maximum absolute atomic E-state index is 10.8. The fraction of sp³-hybridized carbons (Fsp3) is 0.889. The number of ether oxygens (including phenoxy) is 1. The molecule has 2 rings (SSSR count). The van der Waals surface area contributed by atoms with Gasteiger partial charge in [-0.15, -0.1) is 0 Å². The second-order valence-corrected chi connectivity index (χ2v) is 3.84. The van der Waals surface area contributed by atoms with Gasteiger partial charge in [-0.1, -0.05) is 6.42 Å². The minimum Gasteiger partial charge on any atom is -0.481 e. The van der Waals surface area contributed by atoms with Crippen molar-refractivity contribution in [2.24, 2.45) is 17.8 Å². The van der Waals surface area contributed by atoms with Crippen LogP contribution in [0.15, 0.2) is 0 Å². The number of carbonyl (C=O) groups is 1. The van der Waals surface area contributed by atoms with Crippen molar-refractivity contribution in [1.29, 1.82) is 0 Å². The largest absolute Gasteiger partial charge is 0.481 e. The van der Waals surface area contributed by atoms with E-state index in [1.165, 1.54) is 0 Å². The standard InChI is InChI=1S/C9H14O3/c10-9(11)7-3-1-2-6-4-12-5-8(6)7/h6-8H,1-5H2,(H,10,11). The molecule has 3 nitrogen and oxygen atoms in total. The molecular formula is C9H14O3. The highest BCUT2D eigenvalue weighted by Gasteiger charge is 2.40. The highest BCUT2D eigenvalue weighted by atomic mass is 16.5. The number of hydrogen-bond acceptors (Lipinski definition) is 2. The van der Waals surface area contributed by atoms with Crippen LogP contribution in [0, 0.1) is 17.8 Å². The molecule has 3 atom stereocenters. The molecule has 0 aromatic heterocycles. The van der Waals surface area contributed by atoms with E-state index in [-0.39, 0.29) is 5.92 Å². The number of rotatable bonds is 1. The van der Waals surface area contributed by atoms with Crippen LogP contribution in [-0.4, -0.2) is 24.3 Å². The SMILES string of the molecule is O=C(O)C1CCCC2COCC21. The zero-order chi connectivity index (χ0) is 8.55. The van der Waals surface area contributed by atoms with Gasteiger partial charge in [-0.3, -0.25) is 4.79 Å². The molecular weight excluding hydrogens is 156 g/mol. The molecule has 3 heteroatoms. The predicted molar refractivity (Wildman–Crippen MR) is 42.8 cm³/mol. The minimum absolute atomic E-state index is 0.133. The van der Waals surface area contributed by atoms with E-state index >= 15 is 0 Å². The van der Waals surface area contributed by atoms with E-state index in [9.17, 15) is 4.79 Å². The van der Waals surface area contributed by atoms with Crippen molar-refractivity contribution in [3.8, 4) is 0 Å². The summed E-state index contributed by atoms with van der Waals surface area (Å²) in [4.78, 5) is 10.8. The average Bonchev–Trinajstić information content (AvgIpc) is 2.49. The summed E-state index contributed by atoms with van der Waals surface area (Å²) in [5.74, 6) is 0.0672. The van der Waals surface area contributed by atoms with Crippen LogP contribution in [0.3, 0.4) is 0 Å². The highest BCUT2D eigenvalue weighted by Crippen LogP contribution is 2.38. The van der Waals surface area contributed by atoms with Crippen molar-refractivity contribution >= 4 is 5.97 Å². The first kappa shape index (κ1) is 8.05. The van der Waals surface area contributed by atoms with Crippen molar-refractivity contribution in [3.63, 3.8) is 0 Å². The number of aliphatic carboxylic acids is 1.